The van der Waals surface area contributed by atoms with Crippen LogP contribution in [0.4, 0.5) is 5.69 Å². The second kappa shape index (κ2) is 7.55. The van der Waals surface area contributed by atoms with Crippen LogP contribution in [-0.2, 0) is 14.8 Å². The highest BCUT2D eigenvalue weighted by Gasteiger charge is 2.26. The molecule has 0 unspecified atom stereocenters. The third kappa shape index (κ3) is 4.29. The molecule has 128 valence electrons. The van der Waals surface area contributed by atoms with Crippen molar-refractivity contribution in [3.8, 4) is 0 Å². The number of hydrogen-bond donors (Lipinski definition) is 0. The van der Waals surface area contributed by atoms with Gasteiger partial charge in [-0.15, -0.1) is 0 Å². The summed E-state index contributed by atoms with van der Waals surface area (Å²) in [4.78, 5) is 11.4. The molecule has 0 heterocycles. The third-order valence-corrected chi connectivity index (χ3v) is 5.68. The van der Waals surface area contributed by atoms with Crippen molar-refractivity contribution < 1.29 is 13.2 Å². The highest BCUT2D eigenvalue weighted by atomic mass is 35.5. The van der Waals surface area contributed by atoms with Crippen LogP contribution in [0.2, 0.25) is 5.02 Å². The minimum atomic E-state index is -3.93. The van der Waals surface area contributed by atoms with Crippen molar-refractivity contribution in [2.45, 2.75) is 24.7 Å². The Hall–Kier alpha value is -1.56. The van der Waals surface area contributed by atoms with E-state index in [2.05, 4.69) is 0 Å². The second-order valence-corrected chi connectivity index (χ2v) is 8.29. The van der Waals surface area contributed by atoms with Crippen LogP contribution >= 0.6 is 23.2 Å². The van der Waals surface area contributed by atoms with Crippen LogP contribution in [-0.4, -0.2) is 20.2 Å². The van der Waals surface area contributed by atoms with E-state index in [0.717, 1.165) is 9.87 Å². The first-order chi connectivity index (χ1) is 11.2. The first-order valence-electron chi connectivity index (χ1n) is 7.28. The highest BCUT2D eigenvalue weighted by Crippen LogP contribution is 2.26. The first kappa shape index (κ1) is 18.8. The van der Waals surface area contributed by atoms with Gasteiger partial charge in [-0.05, 0) is 59.5 Å². The number of nitrogens with zero attached hydrogens (tertiary/aromatic N) is 1. The zero-order valence-electron chi connectivity index (χ0n) is 13.2. The van der Waals surface area contributed by atoms with Crippen LogP contribution in [0.1, 0.15) is 25.3 Å². The molecule has 0 saturated heterocycles. The molecular formula is C17H17Cl2NO3S. The topological polar surface area (TPSA) is 54.5 Å². The Morgan fingerprint density at radius 1 is 1.04 bits per heavy atom. The molecule has 2 aromatic carbocycles. The highest BCUT2D eigenvalue weighted by molar-refractivity contribution is 7.92. The fourth-order valence-corrected chi connectivity index (χ4v) is 3.92. The van der Waals surface area contributed by atoms with Gasteiger partial charge in [0, 0.05) is 5.02 Å². The van der Waals surface area contributed by atoms with Gasteiger partial charge >= 0.3 is 0 Å². The molecule has 0 aliphatic carbocycles. The van der Waals surface area contributed by atoms with Gasteiger partial charge in [0.05, 0.1) is 10.6 Å². The van der Waals surface area contributed by atoms with Crippen molar-refractivity contribution in [2.24, 2.45) is 0 Å². The summed E-state index contributed by atoms with van der Waals surface area (Å²) in [5, 5.41) is -0.337. The summed E-state index contributed by atoms with van der Waals surface area (Å²) >= 11 is 11.3. The van der Waals surface area contributed by atoms with E-state index in [4.69, 9.17) is 23.2 Å². The molecule has 7 heteroatoms. The van der Waals surface area contributed by atoms with Crippen molar-refractivity contribution in [1.29, 1.82) is 0 Å². The number of benzene rings is 2. The lowest BCUT2D eigenvalue weighted by Crippen LogP contribution is -2.34. The molecule has 0 fully saturated rings. The van der Waals surface area contributed by atoms with Gasteiger partial charge in [-0.25, -0.2) is 8.42 Å². The van der Waals surface area contributed by atoms with Gasteiger partial charge in [0.2, 0.25) is 5.24 Å². The molecule has 0 radical (unpaired) electrons. The zero-order chi connectivity index (χ0) is 17.9. The summed E-state index contributed by atoms with van der Waals surface area (Å²) in [5.74, 6) is 0.315. The first-order valence-corrected chi connectivity index (χ1v) is 9.48. The lowest BCUT2D eigenvalue weighted by molar-refractivity contribution is -0.110. The number of hydrogen-bond acceptors (Lipinski definition) is 3. The van der Waals surface area contributed by atoms with Gasteiger partial charge in [-0.1, -0.05) is 37.6 Å². The van der Waals surface area contributed by atoms with E-state index in [1.165, 1.54) is 24.3 Å². The molecule has 0 amide bonds. The van der Waals surface area contributed by atoms with Crippen molar-refractivity contribution >= 4 is 44.2 Å². The Labute approximate surface area is 152 Å². The second-order valence-electron chi connectivity index (χ2n) is 5.57. The Bertz CT molecular complexity index is 816. The van der Waals surface area contributed by atoms with Gasteiger partial charge in [-0.2, -0.15) is 0 Å². The van der Waals surface area contributed by atoms with E-state index in [-0.39, 0.29) is 4.90 Å². The number of carbonyl (C=O) groups excluding carboxylic acids is 1. The number of halogens is 2. The Kier molecular flexibility index (Phi) is 5.91. The zero-order valence-corrected chi connectivity index (χ0v) is 15.6. The summed E-state index contributed by atoms with van der Waals surface area (Å²) in [6.07, 6.45) is 0. The van der Waals surface area contributed by atoms with Crippen LogP contribution in [0, 0.1) is 0 Å². The monoisotopic (exact) mass is 385 g/mol. The third-order valence-electron chi connectivity index (χ3n) is 3.52. The molecule has 0 aliphatic rings. The molecule has 0 spiro atoms. The Morgan fingerprint density at radius 2 is 1.58 bits per heavy atom. The van der Waals surface area contributed by atoms with E-state index < -0.39 is 21.8 Å². The molecule has 24 heavy (non-hydrogen) atoms. The smallest absolute Gasteiger partial charge is 0.264 e. The fraction of sp³-hybridized carbons (Fsp3) is 0.235. The maximum atomic E-state index is 12.9. The van der Waals surface area contributed by atoms with Gasteiger partial charge < -0.3 is 0 Å². The lowest BCUT2D eigenvalue weighted by Gasteiger charge is -2.23. The molecule has 0 saturated carbocycles. The maximum Gasteiger partial charge on any atom is 0.264 e. The molecule has 0 atom stereocenters. The lowest BCUT2D eigenvalue weighted by atomic mass is 10.0. The van der Waals surface area contributed by atoms with Crippen LogP contribution in [0.25, 0.3) is 0 Å². The van der Waals surface area contributed by atoms with E-state index in [1.807, 2.05) is 26.0 Å². The largest absolute Gasteiger partial charge is 0.279 e. The van der Waals surface area contributed by atoms with Crippen molar-refractivity contribution in [3.63, 3.8) is 0 Å². The van der Waals surface area contributed by atoms with Crippen molar-refractivity contribution in [1.82, 2.24) is 0 Å². The summed E-state index contributed by atoms with van der Waals surface area (Å²) in [6, 6.07) is 12.8. The number of sulfonamides is 1. The van der Waals surface area contributed by atoms with E-state index >= 15 is 0 Å². The predicted molar refractivity (Wildman–Crippen MR) is 97.4 cm³/mol. The molecular weight excluding hydrogens is 369 g/mol. The predicted octanol–water partition coefficient (Wildman–Crippen LogP) is 4.42. The van der Waals surface area contributed by atoms with Crippen LogP contribution in [0.3, 0.4) is 0 Å². The van der Waals surface area contributed by atoms with Gasteiger partial charge in [0.25, 0.3) is 10.0 Å². The quantitative estimate of drug-likeness (QED) is 0.691. The van der Waals surface area contributed by atoms with Crippen LogP contribution in [0.15, 0.2) is 53.4 Å². The standard InChI is InChI=1S/C17H17Cl2NO3S/c1-12(2)13-3-7-15(8-4-13)20(11-17(19)21)24(22,23)16-9-5-14(18)6-10-16/h3-10,12H,11H2,1-2H3. The molecule has 0 bridgehead atoms. The SMILES string of the molecule is CC(C)c1ccc(N(CC(=O)Cl)S(=O)(=O)c2ccc(Cl)cc2)cc1. The number of anilines is 1. The normalized spacial score (nSPS) is 11.5. The minimum absolute atomic E-state index is 0.0396. The average Bonchev–Trinajstić information content (AvgIpc) is 2.53. The van der Waals surface area contributed by atoms with Crippen molar-refractivity contribution in [2.75, 3.05) is 10.8 Å². The maximum absolute atomic E-state index is 12.9. The minimum Gasteiger partial charge on any atom is -0.279 e. The van der Waals surface area contributed by atoms with Gasteiger partial charge in [-0.3, -0.25) is 9.10 Å². The van der Waals surface area contributed by atoms with Crippen LogP contribution < -0.4 is 4.31 Å². The molecule has 0 aromatic heterocycles. The molecule has 0 aliphatic heterocycles. The van der Waals surface area contributed by atoms with E-state index in [0.29, 0.717) is 16.6 Å². The van der Waals surface area contributed by atoms with E-state index in [9.17, 15) is 13.2 Å². The molecule has 0 N–H and O–H groups in total. The molecule has 2 aromatic rings. The van der Waals surface area contributed by atoms with E-state index in [1.54, 1.807) is 12.1 Å². The average molecular weight is 386 g/mol. The molecule has 2 rings (SSSR count). The summed E-state index contributed by atoms with van der Waals surface area (Å²) in [6.45, 7) is 3.63. The fourth-order valence-electron chi connectivity index (χ4n) is 2.19. The number of carbonyl (C=O) groups is 1. The Balaban J connectivity index is 2.47. The number of rotatable bonds is 6. The van der Waals surface area contributed by atoms with Crippen molar-refractivity contribution in [3.05, 3.63) is 59.1 Å². The van der Waals surface area contributed by atoms with Gasteiger partial charge in [0.1, 0.15) is 6.54 Å². The van der Waals surface area contributed by atoms with Crippen LogP contribution in [0.5, 0.6) is 0 Å². The summed E-state index contributed by atoms with van der Waals surface area (Å²) in [5.41, 5.74) is 1.45. The van der Waals surface area contributed by atoms with Gasteiger partial charge in [0.15, 0.2) is 0 Å². The Morgan fingerprint density at radius 3 is 2.04 bits per heavy atom. The summed E-state index contributed by atoms with van der Waals surface area (Å²) in [7, 11) is -3.93. The summed E-state index contributed by atoms with van der Waals surface area (Å²) < 4.78 is 26.7. The molecule has 4 nitrogen and oxygen atoms in total.